The minimum absolute atomic E-state index is 0.0327. The van der Waals surface area contributed by atoms with E-state index in [9.17, 15) is 5.11 Å². The molecule has 3 heteroatoms. The highest BCUT2D eigenvalue weighted by Gasteiger charge is 2.11. The number of benzene rings is 1. The van der Waals surface area contributed by atoms with E-state index in [0.29, 0.717) is 12.4 Å². The van der Waals surface area contributed by atoms with Crippen molar-refractivity contribution >= 4 is 0 Å². The van der Waals surface area contributed by atoms with Crippen LogP contribution in [0.1, 0.15) is 11.3 Å². The van der Waals surface area contributed by atoms with Gasteiger partial charge < -0.3 is 14.3 Å². The van der Waals surface area contributed by atoms with Crippen LogP contribution in [0.5, 0.6) is 0 Å². The van der Waals surface area contributed by atoms with E-state index in [1.807, 2.05) is 36.4 Å². The predicted octanol–water partition coefficient (Wildman–Crippen LogP) is 2.59. The fourth-order valence-corrected chi connectivity index (χ4v) is 1.60. The SMILES string of the molecule is COCc1oc(-c2ccccc2)cc1CO. The molecule has 3 nitrogen and oxygen atoms in total. The summed E-state index contributed by atoms with van der Waals surface area (Å²) in [6.45, 7) is 0.345. The van der Waals surface area contributed by atoms with E-state index in [2.05, 4.69) is 0 Å². The molecule has 0 aliphatic carbocycles. The van der Waals surface area contributed by atoms with Gasteiger partial charge in [0.15, 0.2) is 0 Å². The van der Waals surface area contributed by atoms with Gasteiger partial charge >= 0.3 is 0 Å². The summed E-state index contributed by atoms with van der Waals surface area (Å²) in [7, 11) is 1.60. The number of hydrogen-bond acceptors (Lipinski definition) is 3. The minimum Gasteiger partial charge on any atom is -0.458 e. The summed E-state index contributed by atoms with van der Waals surface area (Å²) in [5.74, 6) is 1.44. The molecule has 2 rings (SSSR count). The summed E-state index contributed by atoms with van der Waals surface area (Å²) in [6, 6.07) is 11.6. The van der Waals surface area contributed by atoms with Gasteiger partial charge in [0.05, 0.1) is 6.61 Å². The van der Waals surface area contributed by atoms with Gasteiger partial charge in [0.25, 0.3) is 0 Å². The third-order valence-corrected chi connectivity index (χ3v) is 2.40. The lowest BCUT2D eigenvalue weighted by atomic mass is 10.1. The first-order valence-corrected chi connectivity index (χ1v) is 5.12. The molecule has 0 saturated carbocycles. The first-order chi connectivity index (χ1) is 7.85. The normalized spacial score (nSPS) is 10.6. The van der Waals surface area contributed by atoms with Crippen molar-refractivity contribution in [1.82, 2.24) is 0 Å². The van der Waals surface area contributed by atoms with Crippen molar-refractivity contribution in [2.24, 2.45) is 0 Å². The maximum atomic E-state index is 9.19. The smallest absolute Gasteiger partial charge is 0.135 e. The fourth-order valence-electron chi connectivity index (χ4n) is 1.60. The van der Waals surface area contributed by atoms with Crippen LogP contribution in [0.2, 0.25) is 0 Å². The highest BCUT2D eigenvalue weighted by Crippen LogP contribution is 2.26. The first-order valence-electron chi connectivity index (χ1n) is 5.12. The Kier molecular flexibility index (Phi) is 3.39. The molecule has 0 atom stereocenters. The van der Waals surface area contributed by atoms with Crippen LogP contribution in [-0.4, -0.2) is 12.2 Å². The molecule has 16 heavy (non-hydrogen) atoms. The topological polar surface area (TPSA) is 42.6 Å². The second-order valence-electron chi connectivity index (χ2n) is 3.52. The van der Waals surface area contributed by atoms with E-state index in [1.165, 1.54) is 0 Å². The molecule has 0 aliphatic heterocycles. The summed E-state index contributed by atoms with van der Waals surface area (Å²) in [4.78, 5) is 0. The summed E-state index contributed by atoms with van der Waals surface area (Å²) in [5, 5.41) is 9.19. The zero-order chi connectivity index (χ0) is 11.4. The average Bonchev–Trinajstić information content (AvgIpc) is 2.74. The van der Waals surface area contributed by atoms with Gasteiger partial charge in [-0.2, -0.15) is 0 Å². The zero-order valence-electron chi connectivity index (χ0n) is 9.14. The standard InChI is InChI=1S/C13H14O3/c1-15-9-13-11(8-14)7-12(16-13)10-5-3-2-4-6-10/h2-7,14H,8-9H2,1H3. The molecule has 0 saturated heterocycles. The Bertz CT molecular complexity index is 445. The number of aliphatic hydroxyl groups is 1. The molecule has 0 aliphatic rings. The predicted molar refractivity (Wildman–Crippen MR) is 60.8 cm³/mol. The lowest BCUT2D eigenvalue weighted by Gasteiger charge is -1.97. The highest BCUT2D eigenvalue weighted by atomic mass is 16.5. The Morgan fingerprint density at radius 2 is 2.00 bits per heavy atom. The molecule has 84 valence electrons. The molecule has 0 radical (unpaired) electrons. The Labute approximate surface area is 94.3 Å². The van der Waals surface area contributed by atoms with Crippen LogP contribution in [-0.2, 0) is 18.0 Å². The van der Waals surface area contributed by atoms with Crippen molar-refractivity contribution in [3.8, 4) is 11.3 Å². The molecule has 1 heterocycles. The molecule has 0 amide bonds. The van der Waals surface area contributed by atoms with Crippen LogP contribution in [0.15, 0.2) is 40.8 Å². The van der Waals surface area contributed by atoms with Gasteiger partial charge in [-0.25, -0.2) is 0 Å². The Morgan fingerprint density at radius 3 is 2.62 bits per heavy atom. The molecule has 1 N–H and O–H groups in total. The average molecular weight is 218 g/mol. The first kappa shape index (κ1) is 10.9. The van der Waals surface area contributed by atoms with E-state index in [-0.39, 0.29) is 6.61 Å². The lowest BCUT2D eigenvalue weighted by molar-refractivity contribution is 0.161. The highest BCUT2D eigenvalue weighted by molar-refractivity contribution is 5.58. The lowest BCUT2D eigenvalue weighted by Crippen LogP contribution is -1.90. The van der Waals surface area contributed by atoms with Gasteiger partial charge in [-0.05, 0) is 6.07 Å². The van der Waals surface area contributed by atoms with Gasteiger partial charge in [-0.3, -0.25) is 0 Å². The van der Waals surface area contributed by atoms with Crippen molar-refractivity contribution in [1.29, 1.82) is 0 Å². The van der Waals surface area contributed by atoms with E-state index in [0.717, 1.165) is 16.9 Å². The quantitative estimate of drug-likeness (QED) is 0.857. The third-order valence-electron chi connectivity index (χ3n) is 2.40. The number of hydrogen-bond donors (Lipinski definition) is 1. The minimum atomic E-state index is -0.0327. The molecule has 0 unspecified atom stereocenters. The summed E-state index contributed by atoms with van der Waals surface area (Å²) in [6.07, 6.45) is 0. The molecule has 0 spiro atoms. The van der Waals surface area contributed by atoms with Gasteiger partial charge in [-0.15, -0.1) is 0 Å². The molecular formula is C13H14O3. The van der Waals surface area contributed by atoms with Crippen molar-refractivity contribution in [2.45, 2.75) is 13.2 Å². The molecular weight excluding hydrogens is 204 g/mol. The van der Waals surface area contributed by atoms with Crippen LogP contribution >= 0.6 is 0 Å². The van der Waals surface area contributed by atoms with Crippen LogP contribution in [0.4, 0.5) is 0 Å². The van der Waals surface area contributed by atoms with Crippen molar-refractivity contribution in [3.05, 3.63) is 47.7 Å². The largest absolute Gasteiger partial charge is 0.458 e. The second-order valence-corrected chi connectivity index (χ2v) is 3.52. The van der Waals surface area contributed by atoms with Crippen molar-refractivity contribution < 1.29 is 14.3 Å². The van der Waals surface area contributed by atoms with Gasteiger partial charge in [0.1, 0.15) is 18.1 Å². The fraction of sp³-hybridized carbons (Fsp3) is 0.231. The van der Waals surface area contributed by atoms with E-state index in [1.54, 1.807) is 7.11 Å². The maximum Gasteiger partial charge on any atom is 0.135 e. The maximum absolute atomic E-state index is 9.19. The van der Waals surface area contributed by atoms with Gasteiger partial charge in [0, 0.05) is 18.2 Å². The van der Waals surface area contributed by atoms with E-state index in [4.69, 9.17) is 9.15 Å². The van der Waals surface area contributed by atoms with E-state index >= 15 is 0 Å². The number of aliphatic hydroxyl groups excluding tert-OH is 1. The van der Waals surface area contributed by atoms with Crippen molar-refractivity contribution in [3.63, 3.8) is 0 Å². The second kappa shape index (κ2) is 4.96. The number of rotatable bonds is 4. The van der Waals surface area contributed by atoms with Crippen LogP contribution in [0, 0.1) is 0 Å². The van der Waals surface area contributed by atoms with Gasteiger partial charge in [-0.1, -0.05) is 30.3 Å². The molecule has 0 fully saturated rings. The molecule has 1 aromatic heterocycles. The summed E-state index contributed by atoms with van der Waals surface area (Å²) >= 11 is 0. The number of ether oxygens (including phenoxy) is 1. The molecule has 1 aromatic carbocycles. The summed E-state index contributed by atoms with van der Waals surface area (Å²) in [5.41, 5.74) is 1.78. The van der Waals surface area contributed by atoms with Crippen LogP contribution in [0.25, 0.3) is 11.3 Å². The van der Waals surface area contributed by atoms with Crippen LogP contribution in [0.3, 0.4) is 0 Å². The third kappa shape index (κ3) is 2.15. The Hall–Kier alpha value is -1.58. The monoisotopic (exact) mass is 218 g/mol. The van der Waals surface area contributed by atoms with Gasteiger partial charge in [0.2, 0.25) is 0 Å². The Balaban J connectivity index is 2.36. The van der Waals surface area contributed by atoms with E-state index < -0.39 is 0 Å². The Morgan fingerprint density at radius 1 is 1.25 bits per heavy atom. The zero-order valence-corrected chi connectivity index (χ0v) is 9.14. The molecule has 0 bridgehead atoms. The number of furan rings is 1. The van der Waals surface area contributed by atoms with Crippen molar-refractivity contribution in [2.75, 3.05) is 7.11 Å². The van der Waals surface area contributed by atoms with Crippen LogP contribution < -0.4 is 0 Å². The number of methoxy groups -OCH3 is 1. The molecule has 2 aromatic rings. The summed E-state index contributed by atoms with van der Waals surface area (Å²) < 4.78 is 10.7.